The standard InChI is InChI=1S/C12H22O2/c1-5-11(13)7-10(9(3)4)8-12(14)6-2/h9-10H,5-8H2,1-4H3. The molecule has 0 amide bonds. The number of Topliss-reactive ketones (excluding diaryl/α,β-unsaturated/α-hetero) is 2. The fraction of sp³-hybridized carbons (Fsp3) is 0.833. The molecule has 0 saturated heterocycles. The van der Waals surface area contributed by atoms with Crippen molar-refractivity contribution in [2.75, 3.05) is 0 Å². The average molecular weight is 198 g/mol. The van der Waals surface area contributed by atoms with E-state index in [0.29, 0.717) is 31.6 Å². The van der Waals surface area contributed by atoms with Gasteiger partial charge in [-0.3, -0.25) is 9.59 Å². The van der Waals surface area contributed by atoms with Crippen LogP contribution in [0.25, 0.3) is 0 Å². The van der Waals surface area contributed by atoms with Gasteiger partial charge in [0.1, 0.15) is 11.6 Å². The second-order valence-electron chi connectivity index (χ2n) is 4.20. The molecule has 2 nitrogen and oxygen atoms in total. The molecule has 0 aromatic rings. The van der Waals surface area contributed by atoms with Gasteiger partial charge in [-0.05, 0) is 11.8 Å². The molecular formula is C12H22O2. The smallest absolute Gasteiger partial charge is 0.132 e. The minimum Gasteiger partial charge on any atom is -0.300 e. The van der Waals surface area contributed by atoms with E-state index in [1.165, 1.54) is 0 Å². The van der Waals surface area contributed by atoms with Gasteiger partial charge in [-0.25, -0.2) is 0 Å². The van der Waals surface area contributed by atoms with Gasteiger partial charge in [0, 0.05) is 25.7 Å². The normalized spacial score (nSPS) is 11.0. The summed E-state index contributed by atoms with van der Waals surface area (Å²) in [7, 11) is 0. The van der Waals surface area contributed by atoms with Crippen molar-refractivity contribution in [3.8, 4) is 0 Å². The van der Waals surface area contributed by atoms with Crippen LogP contribution in [0.3, 0.4) is 0 Å². The Kier molecular flexibility index (Phi) is 6.43. The summed E-state index contributed by atoms with van der Waals surface area (Å²) in [4.78, 5) is 22.6. The number of ketones is 2. The summed E-state index contributed by atoms with van der Waals surface area (Å²) in [6.45, 7) is 7.91. The molecule has 0 aliphatic rings. The fourth-order valence-electron chi connectivity index (χ4n) is 1.42. The van der Waals surface area contributed by atoms with E-state index in [2.05, 4.69) is 13.8 Å². The Bertz CT molecular complexity index is 176. The summed E-state index contributed by atoms with van der Waals surface area (Å²) >= 11 is 0. The minimum absolute atomic E-state index is 0.245. The van der Waals surface area contributed by atoms with Gasteiger partial charge in [-0.2, -0.15) is 0 Å². The van der Waals surface area contributed by atoms with Crippen LogP contribution in [0.1, 0.15) is 53.4 Å². The molecule has 0 fully saturated rings. The van der Waals surface area contributed by atoms with Gasteiger partial charge in [0.25, 0.3) is 0 Å². The highest BCUT2D eigenvalue weighted by Gasteiger charge is 2.19. The lowest BCUT2D eigenvalue weighted by Gasteiger charge is -2.18. The summed E-state index contributed by atoms with van der Waals surface area (Å²) < 4.78 is 0. The third kappa shape index (κ3) is 5.15. The van der Waals surface area contributed by atoms with Gasteiger partial charge in [0.15, 0.2) is 0 Å². The molecule has 0 atom stereocenters. The predicted molar refractivity (Wildman–Crippen MR) is 58.2 cm³/mol. The van der Waals surface area contributed by atoms with Crippen LogP contribution >= 0.6 is 0 Å². The van der Waals surface area contributed by atoms with Crippen molar-refractivity contribution in [2.24, 2.45) is 11.8 Å². The molecule has 2 heteroatoms. The molecule has 0 aliphatic heterocycles. The van der Waals surface area contributed by atoms with Gasteiger partial charge in [-0.15, -0.1) is 0 Å². The fourth-order valence-corrected chi connectivity index (χ4v) is 1.42. The van der Waals surface area contributed by atoms with E-state index in [0.717, 1.165) is 0 Å². The van der Waals surface area contributed by atoms with Crippen LogP contribution in [-0.2, 0) is 9.59 Å². The van der Waals surface area contributed by atoms with Gasteiger partial charge < -0.3 is 0 Å². The second kappa shape index (κ2) is 6.74. The molecule has 0 aromatic heterocycles. The van der Waals surface area contributed by atoms with Crippen LogP contribution in [0.2, 0.25) is 0 Å². The first kappa shape index (κ1) is 13.3. The zero-order valence-corrected chi connectivity index (χ0v) is 9.80. The molecule has 0 aliphatic carbocycles. The maximum absolute atomic E-state index is 11.3. The summed E-state index contributed by atoms with van der Waals surface area (Å²) in [5.74, 6) is 1.20. The first-order valence-corrected chi connectivity index (χ1v) is 5.54. The molecule has 0 aromatic carbocycles. The Balaban J connectivity index is 4.16. The molecule has 0 heterocycles. The van der Waals surface area contributed by atoms with Crippen molar-refractivity contribution in [3.63, 3.8) is 0 Å². The monoisotopic (exact) mass is 198 g/mol. The van der Waals surface area contributed by atoms with Gasteiger partial charge >= 0.3 is 0 Å². The zero-order chi connectivity index (χ0) is 11.1. The van der Waals surface area contributed by atoms with Crippen molar-refractivity contribution in [1.82, 2.24) is 0 Å². The summed E-state index contributed by atoms with van der Waals surface area (Å²) in [6, 6.07) is 0. The van der Waals surface area contributed by atoms with Crippen molar-refractivity contribution in [1.29, 1.82) is 0 Å². The van der Waals surface area contributed by atoms with E-state index in [1.54, 1.807) is 0 Å². The molecule has 0 radical (unpaired) electrons. The Morgan fingerprint density at radius 3 is 1.50 bits per heavy atom. The van der Waals surface area contributed by atoms with E-state index in [4.69, 9.17) is 0 Å². The van der Waals surface area contributed by atoms with Crippen molar-refractivity contribution < 1.29 is 9.59 Å². The second-order valence-corrected chi connectivity index (χ2v) is 4.20. The number of hydrogen-bond donors (Lipinski definition) is 0. The summed E-state index contributed by atoms with van der Waals surface area (Å²) in [5.41, 5.74) is 0. The third-order valence-electron chi connectivity index (χ3n) is 2.71. The number of carbonyl (C=O) groups excluding carboxylic acids is 2. The van der Waals surface area contributed by atoms with Crippen molar-refractivity contribution in [2.45, 2.75) is 53.4 Å². The molecule has 0 bridgehead atoms. The molecular weight excluding hydrogens is 176 g/mol. The van der Waals surface area contributed by atoms with Gasteiger partial charge in [0.05, 0.1) is 0 Å². The van der Waals surface area contributed by atoms with E-state index < -0.39 is 0 Å². The van der Waals surface area contributed by atoms with Crippen LogP contribution in [0.4, 0.5) is 0 Å². The van der Waals surface area contributed by atoms with Crippen LogP contribution in [0.5, 0.6) is 0 Å². The predicted octanol–water partition coefficient (Wildman–Crippen LogP) is 3.00. The molecule has 0 unspecified atom stereocenters. The maximum Gasteiger partial charge on any atom is 0.132 e. The van der Waals surface area contributed by atoms with Crippen LogP contribution in [-0.4, -0.2) is 11.6 Å². The number of rotatable bonds is 7. The third-order valence-corrected chi connectivity index (χ3v) is 2.71. The van der Waals surface area contributed by atoms with Crippen LogP contribution in [0, 0.1) is 11.8 Å². The van der Waals surface area contributed by atoms with Crippen LogP contribution in [0.15, 0.2) is 0 Å². The lowest BCUT2D eigenvalue weighted by atomic mass is 9.85. The van der Waals surface area contributed by atoms with Crippen molar-refractivity contribution in [3.05, 3.63) is 0 Å². The highest BCUT2D eigenvalue weighted by molar-refractivity contribution is 5.81. The molecule has 14 heavy (non-hydrogen) atoms. The van der Waals surface area contributed by atoms with E-state index in [-0.39, 0.29) is 17.5 Å². The maximum atomic E-state index is 11.3. The first-order valence-electron chi connectivity index (χ1n) is 5.54. The Hall–Kier alpha value is -0.660. The zero-order valence-electron chi connectivity index (χ0n) is 9.80. The summed E-state index contributed by atoms with van der Waals surface area (Å²) in [5, 5.41) is 0. The minimum atomic E-state index is 0.245. The lowest BCUT2D eigenvalue weighted by Crippen LogP contribution is -2.17. The Morgan fingerprint density at radius 2 is 1.29 bits per heavy atom. The quantitative estimate of drug-likeness (QED) is 0.630. The Labute approximate surface area is 87.1 Å². The van der Waals surface area contributed by atoms with Gasteiger partial charge in [-0.1, -0.05) is 27.7 Å². The van der Waals surface area contributed by atoms with E-state index in [9.17, 15) is 9.59 Å². The molecule has 0 saturated carbocycles. The highest BCUT2D eigenvalue weighted by atomic mass is 16.1. The first-order chi connectivity index (χ1) is 6.51. The van der Waals surface area contributed by atoms with E-state index >= 15 is 0 Å². The topological polar surface area (TPSA) is 34.1 Å². The molecule has 0 rings (SSSR count). The largest absolute Gasteiger partial charge is 0.300 e. The SMILES string of the molecule is CCC(=O)CC(CC(=O)CC)C(C)C. The lowest BCUT2D eigenvalue weighted by molar-refractivity contribution is -0.122. The number of carbonyl (C=O) groups is 2. The van der Waals surface area contributed by atoms with Gasteiger partial charge in [0.2, 0.25) is 0 Å². The van der Waals surface area contributed by atoms with Crippen LogP contribution < -0.4 is 0 Å². The molecule has 0 spiro atoms. The number of hydrogen-bond acceptors (Lipinski definition) is 2. The average Bonchev–Trinajstić information content (AvgIpc) is 2.16. The highest BCUT2D eigenvalue weighted by Crippen LogP contribution is 2.21. The Morgan fingerprint density at radius 1 is 0.929 bits per heavy atom. The summed E-state index contributed by atoms with van der Waals surface area (Å²) in [6.07, 6.45) is 2.31. The van der Waals surface area contributed by atoms with Crippen molar-refractivity contribution >= 4 is 11.6 Å². The van der Waals surface area contributed by atoms with E-state index in [1.807, 2.05) is 13.8 Å². The molecule has 0 N–H and O–H groups in total. The molecule has 82 valence electrons.